The van der Waals surface area contributed by atoms with Gasteiger partial charge in [0.25, 0.3) is 0 Å². The molecule has 0 amide bonds. The minimum atomic E-state index is -0.00962. The van der Waals surface area contributed by atoms with Crippen molar-refractivity contribution in [3.05, 3.63) is 89.1 Å². The molecule has 1 nitrogen and oxygen atoms in total. The number of rotatable bonds is 1. The molecule has 31 heavy (non-hydrogen) atoms. The lowest BCUT2D eigenvalue weighted by Gasteiger charge is -2.49. The van der Waals surface area contributed by atoms with Crippen molar-refractivity contribution >= 4 is 10.8 Å². The van der Waals surface area contributed by atoms with Gasteiger partial charge in [0.15, 0.2) is 6.20 Å². The van der Waals surface area contributed by atoms with Gasteiger partial charge in [-0.3, -0.25) is 0 Å². The molecule has 0 radical (unpaired) electrons. The van der Waals surface area contributed by atoms with Crippen LogP contribution >= 0.6 is 0 Å². The second kappa shape index (κ2) is 6.53. The van der Waals surface area contributed by atoms with Crippen LogP contribution in [0.2, 0.25) is 0 Å². The summed E-state index contributed by atoms with van der Waals surface area (Å²) in [5.41, 5.74) is 11.0. The van der Waals surface area contributed by atoms with Crippen molar-refractivity contribution < 1.29 is 4.57 Å². The highest BCUT2D eigenvalue weighted by molar-refractivity contribution is 5.99. The second-order valence-corrected chi connectivity index (χ2v) is 10.3. The molecule has 1 aromatic heterocycles. The fourth-order valence-corrected chi connectivity index (χ4v) is 5.56. The van der Waals surface area contributed by atoms with Gasteiger partial charge >= 0.3 is 0 Å². The van der Waals surface area contributed by atoms with Crippen molar-refractivity contribution in [2.24, 2.45) is 7.05 Å². The largest absolute Gasteiger partial charge is 0.213 e. The zero-order valence-corrected chi connectivity index (χ0v) is 19.8. The average Bonchev–Trinajstić information content (AvgIpc) is 2.73. The van der Waals surface area contributed by atoms with E-state index in [0.29, 0.717) is 0 Å². The Hall–Kier alpha value is -2.93. The van der Waals surface area contributed by atoms with Crippen LogP contribution in [0.15, 0.2) is 66.9 Å². The first-order valence-electron chi connectivity index (χ1n) is 11.3. The smallest absolute Gasteiger partial charge is 0.201 e. The Morgan fingerprint density at radius 1 is 0.742 bits per heavy atom. The number of fused-ring (bicyclic) bond motifs is 5. The first-order chi connectivity index (χ1) is 14.6. The van der Waals surface area contributed by atoms with E-state index in [1.807, 2.05) is 0 Å². The first-order valence-corrected chi connectivity index (χ1v) is 11.3. The fourth-order valence-electron chi connectivity index (χ4n) is 5.56. The van der Waals surface area contributed by atoms with E-state index < -0.39 is 0 Å². The summed E-state index contributed by atoms with van der Waals surface area (Å²) in [5.74, 6) is 0. The Bertz CT molecular complexity index is 1350. The summed E-state index contributed by atoms with van der Waals surface area (Å²) in [6, 6.07) is 22.7. The van der Waals surface area contributed by atoms with Crippen molar-refractivity contribution in [3.63, 3.8) is 0 Å². The van der Waals surface area contributed by atoms with E-state index in [1.165, 1.54) is 55.4 Å². The molecule has 1 aliphatic rings. The van der Waals surface area contributed by atoms with Crippen LogP contribution in [0.3, 0.4) is 0 Å². The van der Waals surface area contributed by atoms with Crippen molar-refractivity contribution in [2.45, 2.75) is 52.4 Å². The summed E-state index contributed by atoms with van der Waals surface area (Å²) < 4.78 is 2.27. The van der Waals surface area contributed by atoms with E-state index >= 15 is 0 Å². The van der Waals surface area contributed by atoms with Crippen LogP contribution in [0.25, 0.3) is 33.2 Å². The number of hydrogen-bond donors (Lipinski definition) is 0. The first kappa shape index (κ1) is 20.0. The number of aromatic nitrogens is 1. The van der Waals surface area contributed by atoms with E-state index in [-0.39, 0.29) is 10.8 Å². The quantitative estimate of drug-likeness (QED) is 0.295. The lowest BCUT2D eigenvalue weighted by atomic mass is 9.54. The third kappa shape index (κ3) is 2.65. The van der Waals surface area contributed by atoms with Gasteiger partial charge in [-0.15, -0.1) is 0 Å². The molecule has 0 bridgehead atoms. The Kier molecular flexibility index (Phi) is 4.21. The van der Waals surface area contributed by atoms with E-state index in [1.54, 1.807) is 0 Å². The van der Waals surface area contributed by atoms with Crippen LogP contribution in [-0.4, -0.2) is 0 Å². The minimum absolute atomic E-state index is 0.00246. The standard InChI is InChI=1S/C30H32N/c1-19-16-17-31(7)25(18-19)26-20(2)12-15-24-27(26)23-14-13-21-10-8-9-11-22(21)28(23)30(5,6)29(24,3)4/h8-18H,1-7H3/q+1. The second-order valence-electron chi connectivity index (χ2n) is 10.3. The van der Waals surface area contributed by atoms with Gasteiger partial charge in [0.1, 0.15) is 7.05 Å². The molecule has 0 fully saturated rings. The molecule has 0 N–H and O–H groups in total. The molecule has 1 aliphatic carbocycles. The summed E-state index contributed by atoms with van der Waals surface area (Å²) in [7, 11) is 2.16. The Labute approximate surface area is 186 Å². The SMILES string of the molecule is Cc1cc[n+](C)c(-c2c(C)ccc3c2-c2ccc4ccccc4c2C(C)(C)C3(C)C)c1. The predicted molar refractivity (Wildman–Crippen MR) is 132 cm³/mol. The van der Waals surface area contributed by atoms with Crippen LogP contribution in [0.4, 0.5) is 0 Å². The van der Waals surface area contributed by atoms with Gasteiger partial charge < -0.3 is 0 Å². The maximum atomic E-state index is 2.42. The third-order valence-corrected chi connectivity index (χ3v) is 8.03. The van der Waals surface area contributed by atoms with Crippen molar-refractivity contribution in [2.75, 3.05) is 0 Å². The summed E-state index contributed by atoms with van der Waals surface area (Å²) in [6.45, 7) is 14.1. The Balaban J connectivity index is 2.00. The van der Waals surface area contributed by atoms with Gasteiger partial charge in [0.2, 0.25) is 5.69 Å². The van der Waals surface area contributed by atoms with E-state index in [0.717, 1.165) is 0 Å². The van der Waals surface area contributed by atoms with Crippen molar-refractivity contribution in [1.82, 2.24) is 0 Å². The molecule has 0 unspecified atom stereocenters. The van der Waals surface area contributed by atoms with E-state index in [2.05, 4.69) is 120 Å². The molecule has 0 saturated carbocycles. The molecule has 0 spiro atoms. The van der Waals surface area contributed by atoms with Crippen LogP contribution < -0.4 is 4.57 Å². The number of pyridine rings is 1. The lowest BCUT2D eigenvalue weighted by molar-refractivity contribution is -0.660. The number of nitrogens with zero attached hydrogens (tertiary/aromatic N) is 1. The molecule has 0 aliphatic heterocycles. The van der Waals surface area contributed by atoms with Gasteiger partial charge in [0.05, 0.1) is 5.56 Å². The summed E-state index contributed by atoms with van der Waals surface area (Å²) in [5, 5.41) is 2.70. The molecule has 4 aromatic rings. The molecule has 3 aromatic carbocycles. The number of hydrogen-bond acceptors (Lipinski definition) is 0. The van der Waals surface area contributed by atoms with Crippen molar-refractivity contribution in [1.29, 1.82) is 0 Å². The highest BCUT2D eigenvalue weighted by Crippen LogP contribution is 2.57. The Morgan fingerprint density at radius 2 is 1.48 bits per heavy atom. The van der Waals surface area contributed by atoms with E-state index in [9.17, 15) is 0 Å². The molecule has 0 atom stereocenters. The van der Waals surface area contributed by atoms with Gasteiger partial charge in [0, 0.05) is 17.5 Å². The monoisotopic (exact) mass is 406 g/mol. The molecular formula is C30H32N+. The predicted octanol–water partition coefficient (Wildman–Crippen LogP) is 7.18. The maximum Gasteiger partial charge on any atom is 0.213 e. The number of aryl methyl sites for hydroxylation is 3. The summed E-state index contributed by atoms with van der Waals surface area (Å²) >= 11 is 0. The van der Waals surface area contributed by atoms with E-state index in [4.69, 9.17) is 0 Å². The lowest BCUT2D eigenvalue weighted by Crippen LogP contribution is -2.44. The zero-order chi connectivity index (χ0) is 22.1. The van der Waals surface area contributed by atoms with Crippen LogP contribution in [0, 0.1) is 13.8 Å². The topological polar surface area (TPSA) is 3.88 Å². The van der Waals surface area contributed by atoms with Crippen LogP contribution in [0.5, 0.6) is 0 Å². The molecule has 156 valence electrons. The van der Waals surface area contributed by atoms with Gasteiger partial charge in [-0.1, -0.05) is 76.2 Å². The third-order valence-electron chi connectivity index (χ3n) is 8.03. The minimum Gasteiger partial charge on any atom is -0.201 e. The fraction of sp³-hybridized carbons (Fsp3) is 0.300. The summed E-state index contributed by atoms with van der Waals surface area (Å²) in [6.07, 6.45) is 2.18. The van der Waals surface area contributed by atoms with Crippen LogP contribution in [0.1, 0.15) is 49.9 Å². The molecule has 1 heteroatoms. The average molecular weight is 407 g/mol. The highest BCUT2D eigenvalue weighted by Gasteiger charge is 2.47. The normalized spacial score (nSPS) is 16.1. The highest BCUT2D eigenvalue weighted by atomic mass is 14.9. The molecule has 5 rings (SSSR count). The summed E-state index contributed by atoms with van der Waals surface area (Å²) in [4.78, 5) is 0. The number of benzene rings is 3. The van der Waals surface area contributed by atoms with Crippen LogP contribution in [-0.2, 0) is 17.9 Å². The van der Waals surface area contributed by atoms with Gasteiger partial charge in [-0.05, 0) is 63.4 Å². The van der Waals surface area contributed by atoms with Crippen molar-refractivity contribution in [3.8, 4) is 22.4 Å². The zero-order valence-electron chi connectivity index (χ0n) is 19.8. The molecular weight excluding hydrogens is 374 g/mol. The van der Waals surface area contributed by atoms with Gasteiger partial charge in [-0.2, -0.15) is 0 Å². The maximum absolute atomic E-state index is 2.42. The molecule has 0 saturated heterocycles. The Morgan fingerprint density at radius 3 is 2.26 bits per heavy atom. The van der Waals surface area contributed by atoms with Gasteiger partial charge in [-0.25, -0.2) is 4.57 Å². The molecule has 1 heterocycles.